The van der Waals surface area contributed by atoms with Crippen molar-refractivity contribution in [2.75, 3.05) is 19.7 Å². The summed E-state index contributed by atoms with van der Waals surface area (Å²) in [4.78, 5) is 14.1. The third kappa shape index (κ3) is 2.97. The molecule has 18 heavy (non-hydrogen) atoms. The van der Waals surface area contributed by atoms with E-state index in [4.69, 9.17) is 28.3 Å². The number of carbonyl (C=O) groups is 1. The summed E-state index contributed by atoms with van der Waals surface area (Å²) in [6, 6.07) is 4.90. The number of halogens is 2. The Morgan fingerprint density at radius 1 is 1.33 bits per heavy atom. The van der Waals surface area contributed by atoms with Crippen molar-refractivity contribution in [1.29, 1.82) is 0 Å². The molecular formula is C13H15Cl2NO2. The first-order chi connectivity index (χ1) is 8.61. The molecule has 0 bridgehead atoms. The van der Waals surface area contributed by atoms with E-state index in [9.17, 15) is 4.79 Å². The maximum Gasteiger partial charge on any atom is 0.255 e. The zero-order valence-corrected chi connectivity index (χ0v) is 11.4. The molecule has 2 rings (SSSR count). The summed E-state index contributed by atoms with van der Waals surface area (Å²) in [5, 5.41) is 10.0. The average molecular weight is 288 g/mol. The minimum absolute atomic E-state index is 0.0844. The van der Waals surface area contributed by atoms with Crippen molar-refractivity contribution < 1.29 is 9.90 Å². The van der Waals surface area contributed by atoms with Gasteiger partial charge in [0.2, 0.25) is 0 Å². The Balaban J connectivity index is 2.10. The van der Waals surface area contributed by atoms with E-state index in [-0.39, 0.29) is 12.5 Å². The Bertz CT molecular complexity index is 443. The van der Waals surface area contributed by atoms with Gasteiger partial charge >= 0.3 is 0 Å². The molecule has 5 heteroatoms. The predicted molar refractivity (Wildman–Crippen MR) is 72.2 cm³/mol. The Kier molecular flexibility index (Phi) is 4.49. The van der Waals surface area contributed by atoms with E-state index in [0.717, 1.165) is 12.8 Å². The van der Waals surface area contributed by atoms with Gasteiger partial charge in [0, 0.05) is 24.7 Å². The zero-order chi connectivity index (χ0) is 13.1. The summed E-state index contributed by atoms with van der Waals surface area (Å²) in [5.41, 5.74) is 0.451. The Morgan fingerprint density at radius 3 is 2.61 bits per heavy atom. The first-order valence-corrected chi connectivity index (χ1v) is 6.72. The number of piperidine rings is 1. The molecule has 0 aromatic heterocycles. The fourth-order valence-corrected chi connectivity index (χ4v) is 2.52. The summed E-state index contributed by atoms with van der Waals surface area (Å²) in [5.74, 6) is 0.225. The van der Waals surface area contributed by atoms with Gasteiger partial charge in [-0.15, -0.1) is 0 Å². The maximum atomic E-state index is 12.3. The van der Waals surface area contributed by atoms with Crippen LogP contribution >= 0.6 is 23.2 Å². The van der Waals surface area contributed by atoms with Crippen LogP contribution in [-0.2, 0) is 0 Å². The second-order valence-electron chi connectivity index (χ2n) is 4.54. The lowest BCUT2D eigenvalue weighted by atomic mass is 9.97. The maximum absolute atomic E-state index is 12.3. The topological polar surface area (TPSA) is 40.5 Å². The smallest absolute Gasteiger partial charge is 0.255 e. The van der Waals surface area contributed by atoms with Crippen molar-refractivity contribution in [3.05, 3.63) is 33.8 Å². The second kappa shape index (κ2) is 5.91. The number of aliphatic hydroxyl groups is 1. The number of nitrogens with zero attached hydrogens (tertiary/aromatic N) is 1. The molecule has 0 saturated carbocycles. The number of likely N-dealkylation sites (tertiary alicyclic amines) is 1. The van der Waals surface area contributed by atoms with Crippen LogP contribution in [0.1, 0.15) is 23.2 Å². The second-order valence-corrected chi connectivity index (χ2v) is 5.39. The molecule has 1 heterocycles. The lowest BCUT2D eigenvalue weighted by molar-refractivity contribution is 0.0651. The highest BCUT2D eigenvalue weighted by Crippen LogP contribution is 2.24. The SMILES string of the molecule is O=C(c1cc(Cl)ccc1Cl)N1CCC(CO)CC1. The van der Waals surface area contributed by atoms with E-state index >= 15 is 0 Å². The van der Waals surface area contributed by atoms with Crippen LogP contribution in [0.4, 0.5) is 0 Å². The van der Waals surface area contributed by atoms with Gasteiger partial charge in [0.05, 0.1) is 10.6 Å². The average Bonchev–Trinajstić information content (AvgIpc) is 2.41. The molecule has 1 aromatic rings. The van der Waals surface area contributed by atoms with E-state index in [2.05, 4.69) is 0 Å². The Labute approximate surface area is 116 Å². The summed E-state index contributed by atoms with van der Waals surface area (Å²) in [7, 11) is 0. The van der Waals surface area contributed by atoms with Crippen LogP contribution < -0.4 is 0 Å². The molecule has 1 saturated heterocycles. The number of carbonyl (C=O) groups excluding carboxylic acids is 1. The van der Waals surface area contributed by atoms with Crippen molar-refractivity contribution in [3.8, 4) is 0 Å². The van der Waals surface area contributed by atoms with Crippen LogP contribution in [0, 0.1) is 5.92 Å². The molecular weight excluding hydrogens is 273 g/mol. The molecule has 0 spiro atoms. The van der Waals surface area contributed by atoms with Crippen LogP contribution in [0.15, 0.2) is 18.2 Å². The molecule has 1 aliphatic heterocycles. The van der Waals surface area contributed by atoms with Crippen LogP contribution in [-0.4, -0.2) is 35.6 Å². The van der Waals surface area contributed by atoms with Gasteiger partial charge in [0.25, 0.3) is 5.91 Å². The number of hydrogen-bond acceptors (Lipinski definition) is 2. The number of benzene rings is 1. The van der Waals surface area contributed by atoms with E-state index in [1.54, 1.807) is 23.1 Å². The standard InChI is InChI=1S/C13H15Cl2NO2/c14-10-1-2-12(15)11(7-10)13(18)16-5-3-9(8-17)4-6-16/h1-2,7,9,17H,3-6,8H2. The largest absolute Gasteiger partial charge is 0.396 e. The van der Waals surface area contributed by atoms with Crippen molar-refractivity contribution in [2.45, 2.75) is 12.8 Å². The number of aliphatic hydroxyl groups excluding tert-OH is 1. The molecule has 1 fully saturated rings. The Hall–Kier alpha value is -0.770. The summed E-state index contributed by atoms with van der Waals surface area (Å²) in [6.07, 6.45) is 1.67. The van der Waals surface area contributed by atoms with Gasteiger partial charge in [-0.3, -0.25) is 4.79 Å². The van der Waals surface area contributed by atoms with E-state index in [1.807, 2.05) is 0 Å². The monoisotopic (exact) mass is 287 g/mol. The summed E-state index contributed by atoms with van der Waals surface area (Å²) >= 11 is 11.9. The molecule has 98 valence electrons. The molecule has 1 aromatic carbocycles. The highest BCUT2D eigenvalue weighted by Gasteiger charge is 2.24. The molecule has 0 atom stereocenters. The third-order valence-corrected chi connectivity index (χ3v) is 3.88. The molecule has 1 aliphatic rings. The lowest BCUT2D eigenvalue weighted by Crippen LogP contribution is -2.39. The molecule has 1 N–H and O–H groups in total. The zero-order valence-electron chi connectivity index (χ0n) is 9.90. The minimum Gasteiger partial charge on any atom is -0.396 e. The molecule has 3 nitrogen and oxygen atoms in total. The van der Waals surface area contributed by atoms with Crippen molar-refractivity contribution >= 4 is 29.1 Å². The van der Waals surface area contributed by atoms with Crippen LogP contribution in [0.3, 0.4) is 0 Å². The van der Waals surface area contributed by atoms with Crippen molar-refractivity contribution in [3.63, 3.8) is 0 Å². The first-order valence-electron chi connectivity index (χ1n) is 5.97. The van der Waals surface area contributed by atoms with E-state index in [1.165, 1.54) is 0 Å². The van der Waals surface area contributed by atoms with Gasteiger partial charge < -0.3 is 10.0 Å². The van der Waals surface area contributed by atoms with Gasteiger partial charge in [-0.05, 0) is 37.0 Å². The van der Waals surface area contributed by atoms with E-state index < -0.39 is 0 Å². The lowest BCUT2D eigenvalue weighted by Gasteiger charge is -2.31. The number of rotatable bonds is 2. The fourth-order valence-electron chi connectivity index (χ4n) is 2.15. The van der Waals surface area contributed by atoms with Crippen LogP contribution in [0.25, 0.3) is 0 Å². The van der Waals surface area contributed by atoms with Crippen molar-refractivity contribution in [1.82, 2.24) is 4.90 Å². The number of amides is 1. The van der Waals surface area contributed by atoms with Crippen molar-refractivity contribution in [2.24, 2.45) is 5.92 Å². The summed E-state index contributed by atoms with van der Waals surface area (Å²) < 4.78 is 0. The van der Waals surface area contributed by atoms with Gasteiger partial charge in [0.1, 0.15) is 0 Å². The molecule has 1 amide bonds. The van der Waals surface area contributed by atoms with Gasteiger partial charge in [-0.1, -0.05) is 23.2 Å². The third-order valence-electron chi connectivity index (χ3n) is 3.32. The van der Waals surface area contributed by atoms with Crippen LogP contribution in [0.2, 0.25) is 10.0 Å². The molecule has 0 aliphatic carbocycles. The highest BCUT2D eigenvalue weighted by atomic mass is 35.5. The predicted octanol–water partition coefficient (Wildman–Crippen LogP) is 2.84. The number of hydrogen-bond donors (Lipinski definition) is 1. The quantitative estimate of drug-likeness (QED) is 0.909. The Morgan fingerprint density at radius 2 is 2.00 bits per heavy atom. The van der Waals surface area contributed by atoms with Gasteiger partial charge in [0.15, 0.2) is 0 Å². The summed E-state index contributed by atoms with van der Waals surface area (Å²) in [6.45, 7) is 1.51. The first kappa shape index (κ1) is 13.7. The minimum atomic E-state index is -0.0844. The molecule has 0 radical (unpaired) electrons. The van der Waals surface area contributed by atoms with Gasteiger partial charge in [-0.2, -0.15) is 0 Å². The normalized spacial score (nSPS) is 16.9. The van der Waals surface area contributed by atoms with Gasteiger partial charge in [-0.25, -0.2) is 0 Å². The van der Waals surface area contributed by atoms with Crippen LogP contribution in [0.5, 0.6) is 0 Å². The highest BCUT2D eigenvalue weighted by molar-refractivity contribution is 6.35. The fraction of sp³-hybridized carbons (Fsp3) is 0.462. The van der Waals surface area contributed by atoms with E-state index in [0.29, 0.717) is 34.6 Å². The molecule has 0 unspecified atom stereocenters.